The van der Waals surface area contributed by atoms with Crippen LogP contribution >= 0.6 is 0 Å². The summed E-state index contributed by atoms with van der Waals surface area (Å²) in [6.07, 6.45) is 0. The van der Waals surface area contributed by atoms with Crippen molar-refractivity contribution in [2.45, 2.75) is 12.5 Å². The molecular formula is C15H14F2O2. The predicted molar refractivity (Wildman–Crippen MR) is 68.0 cm³/mol. The number of methoxy groups -OCH3 is 1. The van der Waals surface area contributed by atoms with Crippen LogP contribution in [0.4, 0.5) is 8.78 Å². The van der Waals surface area contributed by atoms with Crippen LogP contribution in [-0.4, -0.2) is 12.2 Å². The fourth-order valence-corrected chi connectivity index (χ4v) is 2.02. The van der Waals surface area contributed by atoms with E-state index in [9.17, 15) is 13.9 Å². The van der Waals surface area contributed by atoms with E-state index in [1.165, 1.54) is 20.1 Å². The van der Waals surface area contributed by atoms with E-state index in [2.05, 4.69) is 0 Å². The zero-order chi connectivity index (χ0) is 14.0. The fraction of sp³-hybridized carbons (Fsp3) is 0.200. The van der Waals surface area contributed by atoms with Crippen LogP contribution in [0.5, 0.6) is 5.75 Å². The summed E-state index contributed by atoms with van der Waals surface area (Å²) in [6, 6.07) is 9.91. The van der Waals surface area contributed by atoms with Gasteiger partial charge in [-0.2, -0.15) is 0 Å². The molecule has 0 saturated carbocycles. The highest BCUT2D eigenvalue weighted by Gasteiger charge is 2.31. The summed E-state index contributed by atoms with van der Waals surface area (Å²) in [4.78, 5) is 0. The summed E-state index contributed by atoms with van der Waals surface area (Å²) >= 11 is 0. The SMILES string of the molecule is COc1ccc(C(C)(O)c2c(F)cccc2F)cc1. The van der Waals surface area contributed by atoms with Crippen LogP contribution in [0.1, 0.15) is 18.1 Å². The summed E-state index contributed by atoms with van der Waals surface area (Å²) in [5.41, 5.74) is -1.72. The van der Waals surface area contributed by atoms with E-state index >= 15 is 0 Å². The second-order valence-electron chi connectivity index (χ2n) is 4.40. The van der Waals surface area contributed by atoms with Gasteiger partial charge in [0.2, 0.25) is 0 Å². The van der Waals surface area contributed by atoms with E-state index in [-0.39, 0.29) is 5.56 Å². The highest BCUT2D eigenvalue weighted by molar-refractivity contribution is 5.39. The topological polar surface area (TPSA) is 29.5 Å². The molecule has 0 heterocycles. The van der Waals surface area contributed by atoms with E-state index in [4.69, 9.17) is 4.74 Å². The van der Waals surface area contributed by atoms with Crippen LogP contribution in [0.2, 0.25) is 0 Å². The molecule has 19 heavy (non-hydrogen) atoms. The lowest BCUT2D eigenvalue weighted by atomic mass is 9.87. The van der Waals surface area contributed by atoms with Gasteiger partial charge < -0.3 is 9.84 Å². The Bertz CT molecular complexity index is 557. The molecule has 0 aromatic heterocycles. The van der Waals surface area contributed by atoms with E-state index in [0.29, 0.717) is 11.3 Å². The normalized spacial score (nSPS) is 13.9. The number of rotatable bonds is 3. The van der Waals surface area contributed by atoms with Crippen molar-refractivity contribution in [2.75, 3.05) is 7.11 Å². The van der Waals surface area contributed by atoms with E-state index in [1.807, 2.05) is 0 Å². The molecule has 0 spiro atoms. The summed E-state index contributed by atoms with van der Waals surface area (Å²) in [6.45, 7) is 1.36. The Hall–Kier alpha value is -1.94. The third kappa shape index (κ3) is 2.44. The Labute approximate surface area is 110 Å². The molecule has 2 rings (SSSR count). The molecule has 0 fully saturated rings. The minimum Gasteiger partial charge on any atom is -0.497 e. The van der Waals surface area contributed by atoms with Gasteiger partial charge in [0.25, 0.3) is 0 Å². The summed E-state index contributed by atoms with van der Waals surface area (Å²) in [5, 5.41) is 10.5. The van der Waals surface area contributed by atoms with Crippen LogP contribution in [0, 0.1) is 11.6 Å². The maximum atomic E-state index is 13.8. The van der Waals surface area contributed by atoms with Gasteiger partial charge >= 0.3 is 0 Å². The molecule has 100 valence electrons. The average Bonchev–Trinajstić information content (AvgIpc) is 2.38. The molecule has 0 saturated heterocycles. The average molecular weight is 264 g/mol. The quantitative estimate of drug-likeness (QED) is 0.922. The number of aliphatic hydroxyl groups is 1. The van der Waals surface area contributed by atoms with Crippen molar-refractivity contribution in [1.82, 2.24) is 0 Å². The third-order valence-electron chi connectivity index (χ3n) is 3.10. The fourth-order valence-electron chi connectivity index (χ4n) is 2.02. The smallest absolute Gasteiger partial charge is 0.132 e. The van der Waals surface area contributed by atoms with Crippen LogP contribution in [0.15, 0.2) is 42.5 Å². The Morgan fingerprint density at radius 2 is 1.53 bits per heavy atom. The van der Waals surface area contributed by atoms with E-state index in [0.717, 1.165) is 12.1 Å². The van der Waals surface area contributed by atoms with Gasteiger partial charge in [-0.3, -0.25) is 0 Å². The van der Waals surface area contributed by atoms with Crippen molar-refractivity contribution >= 4 is 0 Å². The summed E-state index contributed by atoms with van der Waals surface area (Å²) < 4.78 is 32.5. The van der Waals surface area contributed by atoms with Gasteiger partial charge in [0.05, 0.1) is 12.7 Å². The lowest BCUT2D eigenvalue weighted by Gasteiger charge is -2.25. The second kappa shape index (κ2) is 4.97. The Morgan fingerprint density at radius 1 is 1.00 bits per heavy atom. The molecule has 4 heteroatoms. The largest absolute Gasteiger partial charge is 0.497 e. The Morgan fingerprint density at radius 3 is 2.00 bits per heavy atom. The zero-order valence-corrected chi connectivity index (χ0v) is 10.7. The van der Waals surface area contributed by atoms with Gasteiger partial charge in [0, 0.05) is 0 Å². The third-order valence-corrected chi connectivity index (χ3v) is 3.10. The molecule has 0 aliphatic heterocycles. The molecule has 2 aromatic rings. The number of hydrogen-bond donors (Lipinski definition) is 1. The van der Waals surface area contributed by atoms with E-state index < -0.39 is 17.2 Å². The standard InChI is InChI=1S/C15H14F2O2/c1-15(18,10-6-8-11(19-2)9-7-10)14-12(16)4-3-5-13(14)17/h3-9,18H,1-2H3. The van der Waals surface area contributed by atoms with Crippen molar-refractivity contribution in [3.05, 3.63) is 65.2 Å². The highest BCUT2D eigenvalue weighted by atomic mass is 19.1. The molecule has 0 bridgehead atoms. The van der Waals surface area contributed by atoms with Crippen molar-refractivity contribution in [2.24, 2.45) is 0 Å². The predicted octanol–water partition coefficient (Wildman–Crippen LogP) is 3.23. The maximum absolute atomic E-state index is 13.8. The van der Waals surface area contributed by atoms with Crippen LogP contribution in [0.3, 0.4) is 0 Å². The van der Waals surface area contributed by atoms with Gasteiger partial charge in [-0.1, -0.05) is 18.2 Å². The van der Waals surface area contributed by atoms with Crippen molar-refractivity contribution in [3.8, 4) is 5.75 Å². The van der Waals surface area contributed by atoms with Crippen LogP contribution in [-0.2, 0) is 5.60 Å². The molecule has 0 amide bonds. The van der Waals surface area contributed by atoms with Crippen LogP contribution in [0.25, 0.3) is 0 Å². The molecule has 2 nitrogen and oxygen atoms in total. The van der Waals surface area contributed by atoms with Gasteiger partial charge in [-0.15, -0.1) is 0 Å². The summed E-state index contributed by atoms with van der Waals surface area (Å²) in [7, 11) is 1.52. The van der Waals surface area contributed by atoms with E-state index in [1.54, 1.807) is 24.3 Å². The number of ether oxygens (including phenoxy) is 1. The lowest BCUT2D eigenvalue weighted by molar-refractivity contribution is 0.0933. The van der Waals surface area contributed by atoms with Crippen molar-refractivity contribution in [1.29, 1.82) is 0 Å². The van der Waals surface area contributed by atoms with Crippen molar-refractivity contribution < 1.29 is 18.6 Å². The summed E-state index contributed by atoms with van der Waals surface area (Å²) in [5.74, 6) is -0.949. The first-order valence-electron chi connectivity index (χ1n) is 5.78. The molecule has 0 radical (unpaired) electrons. The molecule has 0 aliphatic carbocycles. The van der Waals surface area contributed by atoms with Gasteiger partial charge in [0.1, 0.15) is 23.0 Å². The lowest BCUT2D eigenvalue weighted by Crippen LogP contribution is -2.25. The first-order chi connectivity index (χ1) is 8.96. The van der Waals surface area contributed by atoms with Gasteiger partial charge in [-0.05, 0) is 36.8 Å². The molecular weight excluding hydrogens is 250 g/mol. The highest BCUT2D eigenvalue weighted by Crippen LogP contribution is 2.33. The first-order valence-corrected chi connectivity index (χ1v) is 5.78. The van der Waals surface area contributed by atoms with Gasteiger partial charge in [-0.25, -0.2) is 8.78 Å². The number of halogens is 2. The first kappa shape index (κ1) is 13.5. The Balaban J connectivity index is 2.51. The molecule has 1 N–H and O–H groups in total. The molecule has 1 unspecified atom stereocenters. The molecule has 2 aromatic carbocycles. The minimum absolute atomic E-state index is 0.361. The van der Waals surface area contributed by atoms with Crippen LogP contribution < -0.4 is 4.74 Å². The maximum Gasteiger partial charge on any atom is 0.132 e. The number of hydrogen-bond acceptors (Lipinski definition) is 2. The van der Waals surface area contributed by atoms with Crippen molar-refractivity contribution in [3.63, 3.8) is 0 Å². The molecule has 0 aliphatic rings. The monoisotopic (exact) mass is 264 g/mol. The minimum atomic E-state index is -1.75. The Kier molecular flexibility index (Phi) is 3.53. The number of benzene rings is 2. The molecule has 1 atom stereocenters. The zero-order valence-electron chi connectivity index (χ0n) is 10.7. The second-order valence-corrected chi connectivity index (χ2v) is 4.40. The van der Waals surface area contributed by atoms with Gasteiger partial charge in [0.15, 0.2) is 0 Å².